The first-order valence-corrected chi connectivity index (χ1v) is 13.5. The summed E-state index contributed by atoms with van der Waals surface area (Å²) >= 11 is 0. The van der Waals surface area contributed by atoms with Gasteiger partial charge in [0.15, 0.2) is 15.5 Å². The van der Waals surface area contributed by atoms with Crippen molar-refractivity contribution in [2.75, 3.05) is 34.8 Å². The Kier molecular flexibility index (Phi) is 4.94. The van der Waals surface area contributed by atoms with Crippen LogP contribution in [-0.2, 0) is 9.84 Å². The molecule has 0 spiro atoms. The summed E-state index contributed by atoms with van der Waals surface area (Å²) in [5, 5.41) is 8.28. The Hall–Kier alpha value is -3.27. The summed E-state index contributed by atoms with van der Waals surface area (Å²) in [6.07, 6.45) is 2.88. The number of aromatic nitrogens is 5. The summed E-state index contributed by atoms with van der Waals surface area (Å²) in [4.78, 5) is 16.8. The first-order valence-electron chi connectivity index (χ1n) is 11.7. The Morgan fingerprint density at radius 3 is 2.59 bits per heavy atom. The zero-order chi connectivity index (χ0) is 23.4. The minimum atomic E-state index is -3.00. The van der Waals surface area contributed by atoms with E-state index in [1.54, 1.807) is 4.52 Å². The number of fused-ring (bicyclic) bond motifs is 2. The van der Waals surface area contributed by atoms with Crippen LogP contribution in [0.25, 0.3) is 28.1 Å². The summed E-state index contributed by atoms with van der Waals surface area (Å²) in [6.45, 7) is 5.92. The summed E-state index contributed by atoms with van der Waals surface area (Å²) in [5.74, 6) is 1.99. The molecule has 0 saturated carbocycles. The molecule has 0 bridgehead atoms. The van der Waals surface area contributed by atoms with Crippen molar-refractivity contribution in [1.82, 2.24) is 24.6 Å². The predicted molar refractivity (Wildman–Crippen MR) is 133 cm³/mol. The van der Waals surface area contributed by atoms with E-state index in [9.17, 15) is 8.42 Å². The van der Waals surface area contributed by atoms with Crippen LogP contribution < -0.4 is 10.2 Å². The van der Waals surface area contributed by atoms with Crippen molar-refractivity contribution >= 4 is 38.2 Å². The van der Waals surface area contributed by atoms with Crippen LogP contribution in [-0.4, -0.2) is 63.6 Å². The zero-order valence-electron chi connectivity index (χ0n) is 19.3. The largest absolute Gasteiger partial charge is 0.366 e. The Balaban J connectivity index is 1.47. The fourth-order valence-corrected chi connectivity index (χ4v) is 6.57. The number of anilines is 2. The molecule has 2 saturated heterocycles. The van der Waals surface area contributed by atoms with Gasteiger partial charge in [-0.25, -0.2) is 23.4 Å². The predicted octanol–water partition coefficient (Wildman–Crippen LogP) is 3.16. The molecule has 176 valence electrons. The average Bonchev–Trinajstić information content (AvgIpc) is 3.53. The molecule has 9 nitrogen and oxygen atoms in total. The van der Waals surface area contributed by atoms with Gasteiger partial charge in [0.05, 0.1) is 28.2 Å². The van der Waals surface area contributed by atoms with Gasteiger partial charge in [-0.1, -0.05) is 6.07 Å². The number of nitrogens with zero attached hydrogens (tertiary/aromatic N) is 6. The molecule has 2 aliphatic heterocycles. The SMILES string of the molecule is Cc1ccc2nc(C)c(-c3cc4nc(N5CCCC5)cc(N[C@@H]5CCS(=O)(=O)C5)n4n3)nc2c1. The van der Waals surface area contributed by atoms with Crippen LogP contribution in [0.5, 0.6) is 0 Å². The number of rotatable bonds is 4. The van der Waals surface area contributed by atoms with Crippen molar-refractivity contribution in [3.63, 3.8) is 0 Å². The number of aryl methyl sites for hydroxylation is 2. The fraction of sp³-hybridized carbons (Fsp3) is 0.417. The Morgan fingerprint density at radius 1 is 1.00 bits per heavy atom. The quantitative estimate of drug-likeness (QED) is 0.478. The lowest BCUT2D eigenvalue weighted by atomic mass is 10.2. The van der Waals surface area contributed by atoms with E-state index < -0.39 is 9.84 Å². The van der Waals surface area contributed by atoms with Gasteiger partial charge < -0.3 is 10.2 Å². The van der Waals surface area contributed by atoms with Crippen molar-refractivity contribution in [3.8, 4) is 11.4 Å². The molecule has 4 aromatic rings. The van der Waals surface area contributed by atoms with Crippen molar-refractivity contribution < 1.29 is 8.42 Å². The van der Waals surface area contributed by atoms with E-state index in [1.807, 2.05) is 44.2 Å². The van der Waals surface area contributed by atoms with E-state index in [0.717, 1.165) is 65.6 Å². The molecule has 34 heavy (non-hydrogen) atoms. The Labute approximate surface area is 198 Å². The highest BCUT2D eigenvalue weighted by Crippen LogP contribution is 2.29. The number of hydrogen-bond donors (Lipinski definition) is 1. The lowest BCUT2D eigenvalue weighted by molar-refractivity contribution is 0.602. The van der Waals surface area contributed by atoms with E-state index in [2.05, 4.69) is 10.2 Å². The molecule has 0 radical (unpaired) electrons. The number of sulfone groups is 1. The molecule has 5 heterocycles. The third-order valence-corrected chi connectivity index (χ3v) is 8.43. The maximum atomic E-state index is 12.0. The lowest BCUT2D eigenvalue weighted by Crippen LogP contribution is -2.24. The third-order valence-electron chi connectivity index (χ3n) is 6.66. The molecule has 2 aliphatic rings. The van der Waals surface area contributed by atoms with Crippen molar-refractivity contribution in [2.24, 2.45) is 0 Å². The smallest absolute Gasteiger partial charge is 0.160 e. The van der Waals surface area contributed by atoms with Gasteiger partial charge in [-0.15, -0.1) is 0 Å². The van der Waals surface area contributed by atoms with E-state index in [4.69, 9.17) is 20.1 Å². The molecule has 1 aromatic carbocycles. The third kappa shape index (κ3) is 3.85. The number of nitrogens with one attached hydrogen (secondary N) is 1. The van der Waals surface area contributed by atoms with Crippen LogP contribution in [0.15, 0.2) is 30.3 Å². The standard InChI is InChI=1S/C24H27N7O2S/c1-15-5-6-18-19(11-15)27-24(16(2)25-18)20-12-22-28-21(30-8-3-4-9-30)13-23(31(22)29-20)26-17-7-10-34(32,33)14-17/h5-6,11-13,17,26H,3-4,7-10,14H2,1-2H3/t17-/m1/s1. The van der Waals surface area contributed by atoms with Crippen LogP contribution in [0.2, 0.25) is 0 Å². The second-order valence-electron chi connectivity index (χ2n) is 9.39. The van der Waals surface area contributed by atoms with Gasteiger partial charge in [0, 0.05) is 31.3 Å². The first-order chi connectivity index (χ1) is 16.3. The average molecular weight is 478 g/mol. The molecule has 10 heteroatoms. The van der Waals surface area contributed by atoms with Gasteiger partial charge in [0.1, 0.15) is 23.0 Å². The van der Waals surface area contributed by atoms with Gasteiger partial charge >= 0.3 is 0 Å². The van der Waals surface area contributed by atoms with Gasteiger partial charge in [-0.3, -0.25) is 0 Å². The van der Waals surface area contributed by atoms with Crippen LogP contribution in [0.3, 0.4) is 0 Å². The highest BCUT2D eigenvalue weighted by Gasteiger charge is 2.29. The molecule has 6 rings (SSSR count). The fourth-order valence-electron chi connectivity index (χ4n) is 4.90. The first kappa shape index (κ1) is 21.3. The maximum Gasteiger partial charge on any atom is 0.160 e. The van der Waals surface area contributed by atoms with Crippen molar-refractivity contribution in [2.45, 2.75) is 39.2 Å². The van der Waals surface area contributed by atoms with E-state index >= 15 is 0 Å². The van der Waals surface area contributed by atoms with Gasteiger partial charge in [-0.05, 0) is 50.8 Å². The summed E-state index contributed by atoms with van der Waals surface area (Å²) in [5.41, 5.74) is 5.74. The normalized spacial score (nSPS) is 19.9. The minimum absolute atomic E-state index is 0.137. The molecule has 1 atom stereocenters. The Bertz CT molecular complexity index is 1520. The van der Waals surface area contributed by atoms with Crippen molar-refractivity contribution in [3.05, 3.63) is 41.6 Å². The highest BCUT2D eigenvalue weighted by molar-refractivity contribution is 7.91. The van der Waals surface area contributed by atoms with Crippen LogP contribution in [0, 0.1) is 13.8 Å². The van der Waals surface area contributed by atoms with Crippen LogP contribution in [0.4, 0.5) is 11.6 Å². The van der Waals surface area contributed by atoms with Gasteiger partial charge in [-0.2, -0.15) is 9.61 Å². The van der Waals surface area contributed by atoms with Crippen LogP contribution in [0.1, 0.15) is 30.5 Å². The van der Waals surface area contributed by atoms with Crippen molar-refractivity contribution in [1.29, 1.82) is 0 Å². The van der Waals surface area contributed by atoms with Gasteiger partial charge in [0.2, 0.25) is 0 Å². The molecule has 2 fully saturated rings. The summed E-state index contributed by atoms with van der Waals surface area (Å²) in [7, 11) is -3.00. The molecule has 0 amide bonds. The molecule has 0 aliphatic carbocycles. The second-order valence-corrected chi connectivity index (χ2v) is 11.6. The summed E-state index contributed by atoms with van der Waals surface area (Å²) in [6, 6.07) is 9.83. The van der Waals surface area contributed by atoms with Gasteiger partial charge in [0.25, 0.3) is 0 Å². The van der Waals surface area contributed by atoms with Crippen LogP contribution >= 0.6 is 0 Å². The summed E-state index contributed by atoms with van der Waals surface area (Å²) < 4.78 is 25.8. The Morgan fingerprint density at radius 2 is 1.82 bits per heavy atom. The number of benzene rings is 1. The zero-order valence-corrected chi connectivity index (χ0v) is 20.1. The number of hydrogen-bond acceptors (Lipinski definition) is 8. The highest BCUT2D eigenvalue weighted by atomic mass is 32.2. The monoisotopic (exact) mass is 477 g/mol. The molecular formula is C24H27N7O2S. The lowest BCUT2D eigenvalue weighted by Gasteiger charge is -2.19. The second kappa shape index (κ2) is 7.90. The van der Waals surface area contributed by atoms with E-state index in [1.165, 1.54) is 0 Å². The molecular weight excluding hydrogens is 450 g/mol. The maximum absolute atomic E-state index is 12.0. The van der Waals surface area contributed by atoms with E-state index in [0.29, 0.717) is 17.8 Å². The molecule has 0 unspecified atom stereocenters. The minimum Gasteiger partial charge on any atom is -0.366 e. The molecule has 1 N–H and O–H groups in total. The molecule has 3 aromatic heterocycles. The topological polar surface area (TPSA) is 105 Å². The van der Waals surface area contributed by atoms with E-state index in [-0.39, 0.29) is 17.5 Å².